The molecule has 7 heteroatoms. The fraction of sp³-hybridized carbons (Fsp3) is 0.273. The molecule has 148 valence electrons. The SMILES string of the molecule is CCN(Cc1ccncc1)C(=O)C1CN(C(=O)c2ccco2)Cc2cccnc21. The molecule has 3 aromatic rings. The van der Waals surface area contributed by atoms with Gasteiger partial charge in [-0.25, -0.2) is 0 Å². The number of nitrogens with zero attached hydrogens (tertiary/aromatic N) is 4. The Bertz CT molecular complexity index is 988. The average Bonchev–Trinajstić information content (AvgIpc) is 3.31. The summed E-state index contributed by atoms with van der Waals surface area (Å²) in [6.45, 7) is 3.68. The molecule has 0 aromatic carbocycles. The summed E-state index contributed by atoms with van der Waals surface area (Å²) in [6, 6.07) is 10.9. The number of likely N-dealkylation sites (N-methyl/N-ethyl adjacent to an activating group) is 1. The molecule has 1 aliphatic heterocycles. The molecule has 2 amide bonds. The van der Waals surface area contributed by atoms with Gasteiger partial charge in [-0.05, 0) is 48.4 Å². The van der Waals surface area contributed by atoms with Gasteiger partial charge in [0, 0.05) is 44.8 Å². The molecule has 29 heavy (non-hydrogen) atoms. The van der Waals surface area contributed by atoms with E-state index >= 15 is 0 Å². The Morgan fingerprint density at radius 3 is 2.72 bits per heavy atom. The van der Waals surface area contributed by atoms with E-state index in [4.69, 9.17) is 4.42 Å². The van der Waals surface area contributed by atoms with E-state index in [-0.39, 0.29) is 24.1 Å². The van der Waals surface area contributed by atoms with Crippen LogP contribution in [0.3, 0.4) is 0 Å². The van der Waals surface area contributed by atoms with E-state index in [9.17, 15) is 9.59 Å². The van der Waals surface area contributed by atoms with Crippen molar-refractivity contribution in [3.05, 3.63) is 83.8 Å². The lowest BCUT2D eigenvalue weighted by Gasteiger charge is -2.35. The molecule has 4 heterocycles. The van der Waals surface area contributed by atoms with Crippen molar-refractivity contribution in [3.8, 4) is 0 Å². The first kappa shape index (κ1) is 18.9. The second-order valence-electron chi connectivity index (χ2n) is 6.97. The highest BCUT2D eigenvalue weighted by atomic mass is 16.3. The Morgan fingerprint density at radius 1 is 1.17 bits per heavy atom. The van der Waals surface area contributed by atoms with Crippen molar-refractivity contribution < 1.29 is 14.0 Å². The Hall–Kier alpha value is -3.48. The van der Waals surface area contributed by atoms with Crippen LogP contribution in [0.5, 0.6) is 0 Å². The number of amides is 2. The third kappa shape index (κ3) is 3.89. The van der Waals surface area contributed by atoms with E-state index in [1.807, 2.05) is 31.2 Å². The zero-order valence-electron chi connectivity index (χ0n) is 16.2. The number of pyridine rings is 2. The first-order valence-corrected chi connectivity index (χ1v) is 9.61. The molecule has 1 unspecified atom stereocenters. The standard InChI is InChI=1S/C22H22N4O3/c1-2-25(13-16-7-10-23-11-8-16)21(27)18-15-26(22(28)19-6-4-12-29-19)14-17-5-3-9-24-20(17)18/h3-12,18H,2,13-15H2,1H3. The van der Waals surface area contributed by atoms with Crippen LogP contribution in [0.4, 0.5) is 0 Å². The van der Waals surface area contributed by atoms with Crippen LogP contribution in [-0.2, 0) is 17.9 Å². The highest BCUT2D eigenvalue weighted by molar-refractivity contribution is 5.93. The Morgan fingerprint density at radius 2 is 2.00 bits per heavy atom. The minimum atomic E-state index is -0.513. The molecule has 1 atom stereocenters. The van der Waals surface area contributed by atoms with Gasteiger partial charge in [-0.2, -0.15) is 0 Å². The lowest BCUT2D eigenvalue weighted by atomic mass is 9.93. The van der Waals surface area contributed by atoms with Crippen molar-refractivity contribution >= 4 is 11.8 Å². The minimum Gasteiger partial charge on any atom is -0.459 e. The number of aromatic nitrogens is 2. The summed E-state index contributed by atoms with van der Waals surface area (Å²) in [5, 5.41) is 0. The monoisotopic (exact) mass is 390 g/mol. The van der Waals surface area contributed by atoms with Crippen molar-refractivity contribution in [3.63, 3.8) is 0 Å². The molecule has 0 aliphatic carbocycles. The Kier molecular flexibility index (Phi) is 5.37. The van der Waals surface area contributed by atoms with E-state index in [0.717, 1.165) is 16.8 Å². The van der Waals surface area contributed by atoms with Gasteiger partial charge < -0.3 is 14.2 Å². The molecule has 0 saturated heterocycles. The summed E-state index contributed by atoms with van der Waals surface area (Å²) in [6.07, 6.45) is 6.61. The number of hydrogen-bond acceptors (Lipinski definition) is 5. The maximum absolute atomic E-state index is 13.5. The number of carbonyl (C=O) groups is 2. The van der Waals surface area contributed by atoms with E-state index in [1.165, 1.54) is 6.26 Å². The van der Waals surface area contributed by atoms with Crippen LogP contribution in [0, 0.1) is 0 Å². The van der Waals surface area contributed by atoms with Crippen molar-refractivity contribution in [2.75, 3.05) is 13.1 Å². The molecule has 3 aromatic heterocycles. The number of hydrogen-bond donors (Lipinski definition) is 0. The van der Waals surface area contributed by atoms with Crippen LogP contribution in [0.1, 0.15) is 40.2 Å². The smallest absolute Gasteiger partial charge is 0.289 e. The normalized spacial score (nSPS) is 15.6. The Labute approximate surface area is 169 Å². The van der Waals surface area contributed by atoms with Crippen LogP contribution < -0.4 is 0 Å². The Balaban J connectivity index is 1.61. The molecule has 4 rings (SSSR count). The van der Waals surface area contributed by atoms with Crippen LogP contribution in [0.25, 0.3) is 0 Å². The maximum atomic E-state index is 13.5. The fourth-order valence-corrected chi connectivity index (χ4v) is 3.66. The molecular weight excluding hydrogens is 368 g/mol. The van der Waals surface area contributed by atoms with Gasteiger partial charge in [0.25, 0.3) is 5.91 Å². The second-order valence-corrected chi connectivity index (χ2v) is 6.97. The van der Waals surface area contributed by atoms with Gasteiger partial charge in [0.05, 0.1) is 17.9 Å². The average molecular weight is 390 g/mol. The topological polar surface area (TPSA) is 79.5 Å². The summed E-state index contributed by atoms with van der Waals surface area (Å²) in [4.78, 5) is 38.3. The first-order chi connectivity index (χ1) is 14.2. The van der Waals surface area contributed by atoms with E-state index < -0.39 is 5.92 Å². The van der Waals surface area contributed by atoms with Gasteiger partial charge in [0.1, 0.15) is 0 Å². The lowest BCUT2D eigenvalue weighted by molar-refractivity contribution is -0.134. The van der Waals surface area contributed by atoms with Crippen molar-refractivity contribution in [1.29, 1.82) is 0 Å². The minimum absolute atomic E-state index is 0.0405. The van der Waals surface area contributed by atoms with Crippen molar-refractivity contribution in [1.82, 2.24) is 19.8 Å². The molecule has 7 nitrogen and oxygen atoms in total. The number of carbonyl (C=O) groups excluding carboxylic acids is 2. The van der Waals surface area contributed by atoms with Gasteiger partial charge >= 0.3 is 0 Å². The molecule has 1 aliphatic rings. The molecule has 0 fully saturated rings. The highest BCUT2D eigenvalue weighted by Gasteiger charge is 2.36. The third-order valence-corrected chi connectivity index (χ3v) is 5.15. The van der Waals surface area contributed by atoms with Crippen molar-refractivity contribution in [2.45, 2.75) is 25.9 Å². The van der Waals surface area contributed by atoms with Gasteiger partial charge in [0.2, 0.25) is 5.91 Å². The summed E-state index contributed by atoms with van der Waals surface area (Å²) in [5.74, 6) is -0.506. The van der Waals surface area contributed by atoms with Gasteiger partial charge in [-0.15, -0.1) is 0 Å². The molecular formula is C22H22N4O3. The van der Waals surface area contributed by atoms with Crippen molar-refractivity contribution in [2.24, 2.45) is 0 Å². The number of fused-ring (bicyclic) bond motifs is 1. The molecule has 0 N–H and O–H groups in total. The summed E-state index contributed by atoms with van der Waals surface area (Å²) in [7, 11) is 0. The van der Waals surface area contributed by atoms with E-state index in [1.54, 1.807) is 40.5 Å². The summed E-state index contributed by atoms with van der Waals surface area (Å²) < 4.78 is 5.27. The van der Waals surface area contributed by atoms with E-state index in [2.05, 4.69) is 9.97 Å². The largest absolute Gasteiger partial charge is 0.459 e. The van der Waals surface area contributed by atoms with Gasteiger partial charge in [0.15, 0.2) is 5.76 Å². The fourth-order valence-electron chi connectivity index (χ4n) is 3.66. The molecule has 0 spiro atoms. The third-order valence-electron chi connectivity index (χ3n) is 5.15. The summed E-state index contributed by atoms with van der Waals surface area (Å²) >= 11 is 0. The first-order valence-electron chi connectivity index (χ1n) is 9.61. The quantitative estimate of drug-likeness (QED) is 0.669. The zero-order valence-corrected chi connectivity index (χ0v) is 16.2. The number of rotatable bonds is 5. The lowest BCUT2D eigenvalue weighted by Crippen LogP contribution is -2.45. The maximum Gasteiger partial charge on any atom is 0.289 e. The molecule has 0 bridgehead atoms. The van der Waals surface area contributed by atoms with Crippen LogP contribution in [0.15, 0.2) is 65.7 Å². The predicted molar refractivity (Wildman–Crippen MR) is 106 cm³/mol. The molecule has 0 saturated carbocycles. The van der Waals surface area contributed by atoms with Gasteiger partial charge in [-0.1, -0.05) is 6.07 Å². The summed E-state index contributed by atoms with van der Waals surface area (Å²) in [5.41, 5.74) is 2.64. The number of furan rings is 1. The highest BCUT2D eigenvalue weighted by Crippen LogP contribution is 2.29. The second kappa shape index (κ2) is 8.26. The predicted octanol–water partition coefficient (Wildman–Crippen LogP) is 2.86. The van der Waals surface area contributed by atoms with Crippen LogP contribution in [-0.4, -0.2) is 44.7 Å². The van der Waals surface area contributed by atoms with Crippen LogP contribution >= 0.6 is 0 Å². The van der Waals surface area contributed by atoms with Crippen LogP contribution in [0.2, 0.25) is 0 Å². The zero-order chi connectivity index (χ0) is 20.2. The van der Waals surface area contributed by atoms with Gasteiger partial charge in [-0.3, -0.25) is 19.6 Å². The molecule has 0 radical (unpaired) electrons. The van der Waals surface area contributed by atoms with E-state index in [0.29, 0.717) is 19.6 Å².